The third-order valence-electron chi connectivity index (χ3n) is 4.49. The molecule has 0 aliphatic heterocycles. The number of furan rings is 1. The number of nitrogens with one attached hydrogen (secondary N) is 2. The molecule has 0 spiro atoms. The summed E-state index contributed by atoms with van der Waals surface area (Å²) in [5.74, 6) is 0.00298. The number of amides is 1. The highest BCUT2D eigenvalue weighted by Gasteiger charge is 2.22. The van der Waals surface area contributed by atoms with E-state index in [0.29, 0.717) is 30.1 Å². The topological polar surface area (TPSA) is 91.6 Å². The predicted octanol–water partition coefficient (Wildman–Crippen LogP) is 3.37. The van der Waals surface area contributed by atoms with Crippen LogP contribution in [0.3, 0.4) is 0 Å². The van der Waals surface area contributed by atoms with Gasteiger partial charge in [0.2, 0.25) is 10.0 Å². The molecule has 1 aromatic heterocycles. The maximum absolute atomic E-state index is 12.7. The Morgan fingerprint density at radius 2 is 1.76 bits per heavy atom. The largest absolute Gasteiger partial charge is 0.454 e. The fourth-order valence-corrected chi connectivity index (χ4v) is 4.41. The fourth-order valence-electron chi connectivity index (χ4n) is 2.91. The van der Waals surface area contributed by atoms with Gasteiger partial charge in [0.05, 0.1) is 10.6 Å². The Kier molecular flexibility index (Phi) is 6.05. The van der Waals surface area contributed by atoms with E-state index in [4.69, 9.17) is 4.42 Å². The molecule has 7 nitrogen and oxygen atoms in total. The van der Waals surface area contributed by atoms with Gasteiger partial charge in [0.1, 0.15) is 5.58 Å². The average Bonchev–Trinajstić information content (AvgIpc) is 3.17. The first-order valence-electron chi connectivity index (χ1n) is 9.21. The van der Waals surface area contributed by atoms with Crippen LogP contribution in [0.1, 0.15) is 30.0 Å². The lowest BCUT2D eigenvalue weighted by Crippen LogP contribution is -2.36. The molecule has 3 aromatic rings. The number of para-hydroxylation sites is 1. The summed E-state index contributed by atoms with van der Waals surface area (Å²) in [4.78, 5) is 12.6. The van der Waals surface area contributed by atoms with Crippen LogP contribution in [0.4, 0.5) is 0 Å². The number of benzene rings is 2. The molecule has 1 heterocycles. The second-order valence-corrected chi connectivity index (χ2v) is 8.26. The van der Waals surface area contributed by atoms with E-state index in [1.165, 1.54) is 16.4 Å². The second kappa shape index (κ2) is 8.50. The molecule has 0 bridgehead atoms. The van der Waals surface area contributed by atoms with Crippen molar-refractivity contribution in [3.63, 3.8) is 0 Å². The number of nitrogens with zero attached hydrogens (tertiary/aromatic N) is 1. The molecule has 8 heteroatoms. The molecule has 0 fully saturated rings. The van der Waals surface area contributed by atoms with Crippen LogP contribution in [-0.4, -0.2) is 31.7 Å². The highest BCUT2D eigenvalue weighted by atomic mass is 32.2. The lowest BCUT2D eigenvalue weighted by atomic mass is 10.2. The third kappa shape index (κ3) is 4.33. The Hall–Kier alpha value is -3.10. The Morgan fingerprint density at radius 1 is 1.03 bits per heavy atom. The second-order valence-electron chi connectivity index (χ2n) is 6.32. The smallest absolute Gasteiger partial charge is 0.269 e. The predicted molar refractivity (Wildman–Crippen MR) is 112 cm³/mol. The van der Waals surface area contributed by atoms with E-state index in [9.17, 15) is 13.2 Å². The van der Waals surface area contributed by atoms with Crippen LogP contribution in [0.25, 0.3) is 16.7 Å². The summed E-state index contributed by atoms with van der Waals surface area (Å²) >= 11 is 0. The van der Waals surface area contributed by atoms with Crippen LogP contribution in [-0.2, 0) is 10.0 Å². The minimum atomic E-state index is -3.65. The van der Waals surface area contributed by atoms with Gasteiger partial charge < -0.3 is 4.42 Å². The van der Waals surface area contributed by atoms with Gasteiger partial charge in [-0.25, -0.2) is 8.42 Å². The van der Waals surface area contributed by atoms with Crippen molar-refractivity contribution in [1.29, 1.82) is 0 Å². The first-order valence-corrected chi connectivity index (χ1v) is 10.6. The summed E-state index contributed by atoms with van der Waals surface area (Å²) < 4.78 is 32.3. The highest BCUT2D eigenvalue weighted by Crippen LogP contribution is 2.22. The first kappa shape index (κ1) is 20.6. The zero-order valence-corrected chi connectivity index (χ0v) is 17.1. The van der Waals surface area contributed by atoms with Gasteiger partial charge in [-0.1, -0.05) is 44.7 Å². The Bertz CT molecular complexity index is 1110. The summed E-state index contributed by atoms with van der Waals surface area (Å²) in [6.45, 7) is 8.11. The monoisotopic (exact) mass is 413 g/mol. The van der Waals surface area contributed by atoms with Crippen LogP contribution in [0.15, 0.2) is 70.5 Å². The summed E-state index contributed by atoms with van der Waals surface area (Å²) in [6.07, 6.45) is 0. The van der Waals surface area contributed by atoms with E-state index in [0.717, 1.165) is 5.39 Å². The molecule has 0 aliphatic rings. The van der Waals surface area contributed by atoms with E-state index in [1.54, 1.807) is 26.0 Å². The molecule has 3 rings (SSSR count). The number of hydrogen-bond donors (Lipinski definition) is 2. The molecular weight excluding hydrogens is 390 g/mol. The normalized spacial score (nSPS) is 11.6. The van der Waals surface area contributed by atoms with Crippen LogP contribution in [0.5, 0.6) is 0 Å². The van der Waals surface area contributed by atoms with E-state index in [-0.39, 0.29) is 10.5 Å². The van der Waals surface area contributed by atoms with Crippen LogP contribution in [0.2, 0.25) is 0 Å². The molecule has 29 heavy (non-hydrogen) atoms. The number of rotatable bonds is 8. The fraction of sp³-hybridized carbons (Fsp3) is 0.190. The maximum Gasteiger partial charge on any atom is 0.269 e. The first-order chi connectivity index (χ1) is 13.9. The molecule has 2 N–H and O–H groups in total. The highest BCUT2D eigenvalue weighted by molar-refractivity contribution is 7.89. The van der Waals surface area contributed by atoms with Gasteiger partial charge in [0, 0.05) is 24.0 Å². The zero-order valence-electron chi connectivity index (χ0n) is 16.3. The van der Waals surface area contributed by atoms with E-state index in [1.807, 2.05) is 30.3 Å². The average molecular weight is 413 g/mol. The molecule has 0 radical (unpaired) electrons. The van der Waals surface area contributed by atoms with Crippen molar-refractivity contribution in [2.24, 2.45) is 0 Å². The van der Waals surface area contributed by atoms with Crippen molar-refractivity contribution < 1.29 is 17.6 Å². The van der Waals surface area contributed by atoms with Crippen molar-refractivity contribution in [3.8, 4) is 0 Å². The van der Waals surface area contributed by atoms with Crippen molar-refractivity contribution >= 4 is 32.6 Å². The van der Waals surface area contributed by atoms with Gasteiger partial charge in [0.15, 0.2) is 5.76 Å². The number of hydrogen-bond acceptors (Lipinski definition) is 5. The molecule has 0 atom stereocenters. The van der Waals surface area contributed by atoms with E-state index >= 15 is 0 Å². The summed E-state index contributed by atoms with van der Waals surface area (Å²) in [5, 5.41) is 0.922. The van der Waals surface area contributed by atoms with Crippen LogP contribution < -0.4 is 10.9 Å². The van der Waals surface area contributed by atoms with Gasteiger partial charge in [-0.05, 0) is 30.3 Å². The minimum Gasteiger partial charge on any atom is -0.454 e. The van der Waals surface area contributed by atoms with Crippen molar-refractivity contribution in [1.82, 2.24) is 15.2 Å². The zero-order chi connectivity index (χ0) is 21.0. The van der Waals surface area contributed by atoms with E-state index in [2.05, 4.69) is 17.4 Å². The Morgan fingerprint density at radius 3 is 2.45 bits per heavy atom. The number of carbonyl (C=O) groups is 1. The summed E-state index contributed by atoms with van der Waals surface area (Å²) in [5.41, 5.74) is 6.54. The van der Waals surface area contributed by atoms with Gasteiger partial charge in [-0.2, -0.15) is 4.31 Å². The van der Waals surface area contributed by atoms with E-state index < -0.39 is 15.9 Å². The lowest BCUT2D eigenvalue weighted by molar-refractivity contribution is 0.0942. The Labute approximate surface area is 170 Å². The van der Waals surface area contributed by atoms with Crippen LogP contribution >= 0.6 is 0 Å². The molecule has 0 saturated carbocycles. The minimum absolute atomic E-state index is 0.0740. The van der Waals surface area contributed by atoms with Crippen molar-refractivity contribution in [3.05, 3.63) is 72.5 Å². The molecular formula is C21H23N3O4S. The van der Waals surface area contributed by atoms with Gasteiger partial charge in [0.25, 0.3) is 5.91 Å². The number of hydrazine groups is 1. The maximum atomic E-state index is 12.7. The lowest BCUT2D eigenvalue weighted by Gasteiger charge is -2.18. The van der Waals surface area contributed by atoms with Crippen molar-refractivity contribution in [2.75, 3.05) is 13.1 Å². The number of fused-ring (bicyclic) bond motifs is 1. The standard InChI is InChI=1S/C21H23N3O4S/c1-4-24(5-2)29(26,27)18-11-8-10-17(13-18)21(25)23-22-15(3)20-14-16-9-6-7-12-19(16)28-20/h6-14,22H,3-5H2,1-2H3,(H,23,25). The van der Waals surface area contributed by atoms with Gasteiger partial charge >= 0.3 is 0 Å². The molecule has 0 aliphatic carbocycles. The molecule has 1 amide bonds. The van der Waals surface area contributed by atoms with Crippen molar-refractivity contribution in [2.45, 2.75) is 18.7 Å². The third-order valence-corrected chi connectivity index (χ3v) is 6.54. The van der Waals surface area contributed by atoms with Gasteiger partial charge in [-0.3, -0.25) is 15.6 Å². The quantitative estimate of drug-likeness (QED) is 0.553. The summed E-state index contributed by atoms with van der Waals surface area (Å²) in [6, 6.07) is 15.3. The Balaban J connectivity index is 1.71. The molecule has 152 valence electrons. The SMILES string of the molecule is C=C(NNC(=O)c1cccc(S(=O)(=O)N(CC)CC)c1)c1cc2ccccc2o1. The number of carbonyl (C=O) groups excluding carboxylic acids is 1. The molecule has 2 aromatic carbocycles. The molecule has 0 unspecified atom stereocenters. The summed E-state index contributed by atoms with van der Waals surface area (Å²) in [7, 11) is -3.65. The molecule has 0 saturated heterocycles. The van der Waals surface area contributed by atoms with Crippen LogP contribution in [0, 0.1) is 0 Å². The van der Waals surface area contributed by atoms with Gasteiger partial charge in [-0.15, -0.1) is 0 Å². The number of sulfonamides is 1.